The number of hydrogen-bond donors (Lipinski definition) is 1. The Morgan fingerprint density at radius 3 is 2.47 bits per heavy atom. The first-order valence-electron chi connectivity index (χ1n) is 6.81. The van der Waals surface area contributed by atoms with Crippen molar-refractivity contribution >= 4 is 0 Å². The van der Waals surface area contributed by atoms with Crippen molar-refractivity contribution in [3.63, 3.8) is 0 Å². The molecule has 96 valence electrons. The van der Waals surface area contributed by atoms with Gasteiger partial charge in [0.05, 0.1) is 6.10 Å². The number of aliphatic hydroxyl groups is 1. The van der Waals surface area contributed by atoms with Crippen LogP contribution in [0.3, 0.4) is 0 Å². The predicted octanol–water partition coefficient (Wildman–Crippen LogP) is 4.15. The summed E-state index contributed by atoms with van der Waals surface area (Å²) in [6.07, 6.45) is 2.96. The fraction of sp³-hybridized carbons (Fsp3) is 0.625. The highest BCUT2D eigenvalue weighted by molar-refractivity contribution is 5.27. The van der Waals surface area contributed by atoms with Gasteiger partial charge in [-0.3, -0.25) is 0 Å². The summed E-state index contributed by atoms with van der Waals surface area (Å²) in [5.41, 5.74) is 2.66. The zero-order valence-corrected chi connectivity index (χ0v) is 11.6. The molecule has 0 aliphatic heterocycles. The molecular weight excluding hydrogens is 208 g/mol. The lowest BCUT2D eigenvalue weighted by Gasteiger charge is -2.18. The zero-order valence-electron chi connectivity index (χ0n) is 11.6. The molecular formula is C16H26O. The van der Waals surface area contributed by atoms with Crippen molar-refractivity contribution in [3.05, 3.63) is 35.4 Å². The summed E-state index contributed by atoms with van der Waals surface area (Å²) in [6.45, 7) is 8.65. The van der Waals surface area contributed by atoms with Gasteiger partial charge in [0, 0.05) is 5.92 Å². The zero-order chi connectivity index (χ0) is 12.8. The van der Waals surface area contributed by atoms with Crippen LogP contribution < -0.4 is 0 Å². The van der Waals surface area contributed by atoms with Gasteiger partial charge in [-0.1, -0.05) is 52.0 Å². The molecule has 1 rings (SSSR count). The summed E-state index contributed by atoms with van der Waals surface area (Å²) < 4.78 is 0. The van der Waals surface area contributed by atoms with E-state index < -0.39 is 0 Å². The summed E-state index contributed by atoms with van der Waals surface area (Å²) in [4.78, 5) is 0. The minimum Gasteiger partial charge on any atom is -0.393 e. The molecule has 0 spiro atoms. The highest BCUT2D eigenvalue weighted by Crippen LogP contribution is 2.22. The molecule has 0 saturated heterocycles. The first-order chi connectivity index (χ1) is 8.04. The summed E-state index contributed by atoms with van der Waals surface area (Å²) in [5, 5.41) is 9.89. The van der Waals surface area contributed by atoms with Crippen LogP contribution in [0.15, 0.2) is 24.3 Å². The van der Waals surface area contributed by atoms with Crippen molar-refractivity contribution in [1.29, 1.82) is 0 Å². The molecule has 0 aliphatic carbocycles. The van der Waals surface area contributed by atoms with E-state index in [2.05, 4.69) is 45.0 Å². The normalized spacial score (nSPS) is 14.9. The summed E-state index contributed by atoms with van der Waals surface area (Å²) in [5.74, 6) is 0.983. The fourth-order valence-electron chi connectivity index (χ4n) is 2.06. The van der Waals surface area contributed by atoms with Gasteiger partial charge in [0.1, 0.15) is 0 Å². The molecule has 1 aromatic rings. The molecule has 2 atom stereocenters. The number of hydrogen-bond acceptors (Lipinski definition) is 1. The molecule has 0 heterocycles. The Morgan fingerprint density at radius 1 is 1.18 bits per heavy atom. The first kappa shape index (κ1) is 14.2. The van der Waals surface area contributed by atoms with Gasteiger partial charge in [-0.15, -0.1) is 0 Å². The Labute approximate surface area is 106 Å². The second-order valence-corrected chi connectivity index (χ2v) is 5.44. The van der Waals surface area contributed by atoms with E-state index in [4.69, 9.17) is 0 Å². The summed E-state index contributed by atoms with van der Waals surface area (Å²) >= 11 is 0. The Hall–Kier alpha value is -0.820. The Bertz CT molecular complexity index is 330. The molecule has 17 heavy (non-hydrogen) atoms. The minimum absolute atomic E-state index is 0.227. The van der Waals surface area contributed by atoms with Crippen LogP contribution in [0, 0.1) is 5.92 Å². The largest absolute Gasteiger partial charge is 0.393 e. The molecule has 0 radical (unpaired) electrons. The maximum Gasteiger partial charge on any atom is 0.0603 e. The lowest BCUT2D eigenvalue weighted by molar-refractivity contribution is 0.145. The van der Waals surface area contributed by atoms with E-state index in [1.165, 1.54) is 17.5 Å². The molecule has 0 aliphatic rings. The molecule has 0 fully saturated rings. The third-order valence-electron chi connectivity index (χ3n) is 3.48. The van der Waals surface area contributed by atoms with E-state index >= 15 is 0 Å². The standard InChI is InChI=1S/C16H26O/c1-5-16(17)13(4)15-8-6-7-14(11-15)10-9-12(2)3/h6-8,11-13,16-17H,5,9-10H2,1-4H3. The number of rotatable bonds is 6. The minimum atomic E-state index is -0.227. The van der Waals surface area contributed by atoms with E-state index in [-0.39, 0.29) is 12.0 Å². The maximum atomic E-state index is 9.89. The SMILES string of the molecule is CCC(O)C(C)c1cccc(CCC(C)C)c1. The van der Waals surface area contributed by atoms with Crippen LogP contribution in [0.4, 0.5) is 0 Å². The maximum absolute atomic E-state index is 9.89. The molecule has 1 aromatic carbocycles. The van der Waals surface area contributed by atoms with Crippen LogP contribution in [0.1, 0.15) is 57.6 Å². The lowest BCUT2D eigenvalue weighted by atomic mass is 9.91. The summed E-state index contributed by atoms with van der Waals surface area (Å²) in [6, 6.07) is 8.69. The Balaban J connectivity index is 2.71. The van der Waals surface area contributed by atoms with Crippen LogP contribution in [-0.2, 0) is 6.42 Å². The van der Waals surface area contributed by atoms with Crippen LogP contribution in [0.25, 0.3) is 0 Å². The van der Waals surface area contributed by atoms with Crippen molar-refractivity contribution in [1.82, 2.24) is 0 Å². The third kappa shape index (κ3) is 4.51. The molecule has 0 amide bonds. The molecule has 1 heteroatoms. The van der Waals surface area contributed by atoms with Gasteiger partial charge in [0.25, 0.3) is 0 Å². The van der Waals surface area contributed by atoms with Gasteiger partial charge < -0.3 is 5.11 Å². The van der Waals surface area contributed by atoms with Gasteiger partial charge in [-0.2, -0.15) is 0 Å². The van der Waals surface area contributed by atoms with Crippen molar-refractivity contribution in [2.75, 3.05) is 0 Å². The average molecular weight is 234 g/mol. The van der Waals surface area contributed by atoms with E-state index in [0.717, 1.165) is 18.8 Å². The molecule has 1 nitrogen and oxygen atoms in total. The van der Waals surface area contributed by atoms with Gasteiger partial charge in [-0.05, 0) is 36.3 Å². The number of benzene rings is 1. The monoisotopic (exact) mass is 234 g/mol. The van der Waals surface area contributed by atoms with Crippen LogP contribution in [0.5, 0.6) is 0 Å². The van der Waals surface area contributed by atoms with E-state index in [0.29, 0.717) is 0 Å². The third-order valence-corrected chi connectivity index (χ3v) is 3.48. The van der Waals surface area contributed by atoms with E-state index in [1.807, 2.05) is 6.92 Å². The predicted molar refractivity (Wildman–Crippen MR) is 74.3 cm³/mol. The molecule has 1 N–H and O–H groups in total. The smallest absolute Gasteiger partial charge is 0.0603 e. The highest BCUT2D eigenvalue weighted by Gasteiger charge is 2.14. The van der Waals surface area contributed by atoms with Gasteiger partial charge in [-0.25, -0.2) is 0 Å². The quantitative estimate of drug-likeness (QED) is 0.784. The first-order valence-corrected chi connectivity index (χ1v) is 6.81. The second kappa shape index (κ2) is 6.80. The molecule has 0 saturated carbocycles. The van der Waals surface area contributed by atoms with Crippen LogP contribution >= 0.6 is 0 Å². The van der Waals surface area contributed by atoms with Crippen LogP contribution in [-0.4, -0.2) is 11.2 Å². The van der Waals surface area contributed by atoms with Crippen molar-refractivity contribution in [3.8, 4) is 0 Å². The average Bonchev–Trinajstić information content (AvgIpc) is 2.34. The topological polar surface area (TPSA) is 20.2 Å². The molecule has 0 bridgehead atoms. The lowest BCUT2D eigenvalue weighted by Crippen LogP contribution is -2.14. The number of aryl methyl sites for hydroxylation is 1. The van der Waals surface area contributed by atoms with Crippen molar-refractivity contribution in [2.24, 2.45) is 5.92 Å². The van der Waals surface area contributed by atoms with Gasteiger partial charge >= 0.3 is 0 Å². The van der Waals surface area contributed by atoms with E-state index in [1.54, 1.807) is 0 Å². The summed E-state index contributed by atoms with van der Waals surface area (Å²) in [7, 11) is 0. The van der Waals surface area contributed by atoms with Gasteiger partial charge in [0.15, 0.2) is 0 Å². The van der Waals surface area contributed by atoms with Crippen molar-refractivity contribution < 1.29 is 5.11 Å². The molecule has 2 unspecified atom stereocenters. The fourth-order valence-corrected chi connectivity index (χ4v) is 2.06. The van der Waals surface area contributed by atoms with E-state index in [9.17, 15) is 5.11 Å². The van der Waals surface area contributed by atoms with Gasteiger partial charge in [0.2, 0.25) is 0 Å². The van der Waals surface area contributed by atoms with Crippen molar-refractivity contribution in [2.45, 2.75) is 59.0 Å². The Kier molecular flexibility index (Phi) is 5.70. The van der Waals surface area contributed by atoms with Crippen LogP contribution in [0.2, 0.25) is 0 Å². The number of aliphatic hydroxyl groups excluding tert-OH is 1. The second-order valence-electron chi connectivity index (χ2n) is 5.44. The highest BCUT2D eigenvalue weighted by atomic mass is 16.3. The Morgan fingerprint density at radius 2 is 1.88 bits per heavy atom. The molecule has 0 aromatic heterocycles.